The number of aryl methyl sites for hydroxylation is 2. The number of fused-ring (bicyclic) bond motifs is 1. The van der Waals surface area contributed by atoms with Crippen LogP contribution in [0.2, 0.25) is 0 Å². The number of amides is 3. The lowest BCUT2D eigenvalue weighted by molar-refractivity contribution is -0.151. The van der Waals surface area contributed by atoms with Crippen LogP contribution >= 0.6 is 11.3 Å². The number of benzene rings is 1. The van der Waals surface area contributed by atoms with Crippen LogP contribution in [0.1, 0.15) is 59.3 Å². The van der Waals surface area contributed by atoms with Crippen LogP contribution in [-0.4, -0.2) is 82.0 Å². The summed E-state index contributed by atoms with van der Waals surface area (Å²) in [5, 5.41) is 3.23. The minimum absolute atomic E-state index is 0.0346. The number of rotatable bonds is 12. The third-order valence-corrected chi connectivity index (χ3v) is 8.52. The minimum Gasteiger partial charge on any atom is -0.370 e. The van der Waals surface area contributed by atoms with Gasteiger partial charge < -0.3 is 26.6 Å². The molecule has 4 rings (SSSR count). The molecule has 214 valence electrons. The Morgan fingerprint density at radius 1 is 1.20 bits per heavy atom. The summed E-state index contributed by atoms with van der Waals surface area (Å²) in [6, 6.07) is 8.05. The second kappa shape index (κ2) is 13.5. The molecule has 0 radical (unpaired) electrons. The number of Topliss-reactive ketones (excluding diaryl/α,β-unsaturated/α-hetero) is 1. The van der Waals surface area contributed by atoms with E-state index < -0.39 is 12.1 Å². The van der Waals surface area contributed by atoms with Crippen LogP contribution < -0.4 is 16.8 Å². The Bertz CT molecular complexity index is 1240. The summed E-state index contributed by atoms with van der Waals surface area (Å²) in [6.45, 7) is 2.67. The SMILES string of the molecule is CCc1cnc(C(=O)C(CCCN=C(N)N)NC(=O)C2CC[C@H]3CN(C(=O)CCc4ccccc4)CC(=O)N23)s1. The standard InChI is InChI=1S/C28H37N7O4S/c1-2-20-15-32-27(40-20)25(38)21(9-6-14-31-28(29)30)33-26(39)22-12-11-19-16-34(17-24(37)35(19)22)23(36)13-10-18-7-4-3-5-8-18/h3-5,7-8,15,19,21-22H,2,6,9-14,16-17H2,1H3,(H,33,39)(H4,29,30,31)/t19-,21?,22?/m0/s1. The van der Waals surface area contributed by atoms with Gasteiger partial charge in [-0.25, -0.2) is 4.98 Å². The quantitative estimate of drug-likeness (QED) is 0.150. The Morgan fingerprint density at radius 2 is 1.98 bits per heavy atom. The summed E-state index contributed by atoms with van der Waals surface area (Å²) in [5.74, 6) is -0.978. The Labute approximate surface area is 238 Å². The van der Waals surface area contributed by atoms with Gasteiger partial charge in [-0.3, -0.25) is 24.2 Å². The van der Waals surface area contributed by atoms with Crippen LogP contribution in [0.5, 0.6) is 0 Å². The number of hydrogen-bond acceptors (Lipinski definition) is 7. The molecule has 3 atom stereocenters. The van der Waals surface area contributed by atoms with E-state index in [0.717, 1.165) is 16.9 Å². The number of hydrogen-bond donors (Lipinski definition) is 3. The Balaban J connectivity index is 1.38. The molecule has 3 amide bonds. The van der Waals surface area contributed by atoms with E-state index >= 15 is 0 Å². The number of carbonyl (C=O) groups is 4. The van der Waals surface area contributed by atoms with Crippen molar-refractivity contribution in [2.24, 2.45) is 16.5 Å². The van der Waals surface area contributed by atoms with Crippen molar-refractivity contribution in [1.82, 2.24) is 20.1 Å². The lowest BCUT2D eigenvalue weighted by atomic mass is 10.1. The van der Waals surface area contributed by atoms with Crippen LogP contribution in [0.4, 0.5) is 0 Å². The first-order valence-corrected chi connectivity index (χ1v) is 14.6. The van der Waals surface area contributed by atoms with Gasteiger partial charge in [-0.2, -0.15) is 0 Å². The first kappa shape index (κ1) is 29.2. The highest BCUT2D eigenvalue weighted by atomic mass is 32.1. The molecule has 1 aromatic carbocycles. The topological polar surface area (TPSA) is 164 Å². The summed E-state index contributed by atoms with van der Waals surface area (Å²) in [6.07, 6.45) is 5.28. The van der Waals surface area contributed by atoms with Gasteiger partial charge in [0, 0.05) is 30.6 Å². The molecule has 2 saturated heterocycles. The molecule has 2 aliphatic rings. The van der Waals surface area contributed by atoms with Gasteiger partial charge in [0.1, 0.15) is 6.04 Å². The zero-order valence-electron chi connectivity index (χ0n) is 22.8. The highest BCUT2D eigenvalue weighted by Gasteiger charge is 2.46. The molecule has 2 aliphatic heterocycles. The van der Waals surface area contributed by atoms with E-state index in [2.05, 4.69) is 15.3 Å². The van der Waals surface area contributed by atoms with Crippen molar-refractivity contribution in [2.75, 3.05) is 19.6 Å². The van der Waals surface area contributed by atoms with Crippen LogP contribution in [0, 0.1) is 0 Å². The fourth-order valence-electron chi connectivity index (χ4n) is 5.28. The molecule has 2 fully saturated rings. The van der Waals surface area contributed by atoms with Gasteiger partial charge in [0.05, 0.1) is 18.6 Å². The maximum Gasteiger partial charge on any atom is 0.243 e. The molecule has 0 aliphatic carbocycles. The molecular weight excluding hydrogens is 530 g/mol. The van der Waals surface area contributed by atoms with E-state index in [9.17, 15) is 19.2 Å². The summed E-state index contributed by atoms with van der Waals surface area (Å²) >= 11 is 1.32. The van der Waals surface area contributed by atoms with Crippen molar-refractivity contribution in [1.29, 1.82) is 0 Å². The second-order valence-electron chi connectivity index (χ2n) is 10.2. The molecule has 2 aromatic rings. The van der Waals surface area contributed by atoms with Crippen molar-refractivity contribution in [3.8, 4) is 0 Å². The lowest BCUT2D eigenvalue weighted by Gasteiger charge is -2.39. The number of carbonyl (C=O) groups excluding carboxylic acids is 4. The molecule has 11 nitrogen and oxygen atoms in total. The lowest BCUT2D eigenvalue weighted by Crippen LogP contribution is -2.60. The van der Waals surface area contributed by atoms with Gasteiger partial charge in [0.25, 0.3) is 0 Å². The van der Waals surface area contributed by atoms with Crippen LogP contribution in [0.25, 0.3) is 0 Å². The number of nitrogens with two attached hydrogens (primary N) is 2. The molecule has 1 aromatic heterocycles. The van der Waals surface area contributed by atoms with Gasteiger partial charge >= 0.3 is 0 Å². The van der Waals surface area contributed by atoms with Crippen LogP contribution in [0.3, 0.4) is 0 Å². The molecule has 12 heteroatoms. The predicted molar refractivity (Wildman–Crippen MR) is 153 cm³/mol. The highest BCUT2D eigenvalue weighted by molar-refractivity contribution is 7.13. The van der Waals surface area contributed by atoms with E-state index in [4.69, 9.17) is 11.5 Å². The number of guanidine groups is 1. The van der Waals surface area contributed by atoms with Crippen molar-refractivity contribution in [3.63, 3.8) is 0 Å². The number of aromatic nitrogens is 1. The van der Waals surface area contributed by atoms with Gasteiger partial charge in [-0.15, -0.1) is 11.3 Å². The number of thiazole rings is 1. The average Bonchev–Trinajstić information content (AvgIpc) is 3.61. The third-order valence-electron chi connectivity index (χ3n) is 7.36. The summed E-state index contributed by atoms with van der Waals surface area (Å²) in [7, 11) is 0. The van der Waals surface area contributed by atoms with Gasteiger partial charge in [0.15, 0.2) is 11.0 Å². The van der Waals surface area contributed by atoms with E-state index in [-0.39, 0.29) is 42.1 Å². The number of ketones is 1. The molecular formula is C28H37N7O4S. The fourth-order valence-corrected chi connectivity index (χ4v) is 6.13. The van der Waals surface area contributed by atoms with Crippen molar-refractivity contribution in [2.45, 2.75) is 70.0 Å². The average molecular weight is 568 g/mol. The predicted octanol–water partition coefficient (Wildman–Crippen LogP) is 1.26. The van der Waals surface area contributed by atoms with Crippen molar-refractivity contribution in [3.05, 3.63) is 52.0 Å². The van der Waals surface area contributed by atoms with Crippen LogP contribution in [-0.2, 0) is 27.2 Å². The number of piperazine rings is 1. The largest absolute Gasteiger partial charge is 0.370 e. The highest BCUT2D eigenvalue weighted by Crippen LogP contribution is 2.29. The maximum atomic E-state index is 13.4. The summed E-state index contributed by atoms with van der Waals surface area (Å²) in [5.41, 5.74) is 11.9. The molecule has 40 heavy (non-hydrogen) atoms. The molecule has 3 heterocycles. The van der Waals surface area contributed by atoms with E-state index in [1.54, 1.807) is 16.0 Å². The zero-order valence-corrected chi connectivity index (χ0v) is 23.6. The zero-order chi connectivity index (χ0) is 28.6. The monoisotopic (exact) mass is 567 g/mol. The van der Waals surface area contributed by atoms with Gasteiger partial charge in [0.2, 0.25) is 23.5 Å². The molecule has 2 unspecified atom stereocenters. The third kappa shape index (κ3) is 7.23. The molecule has 0 spiro atoms. The second-order valence-corrected chi connectivity index (χ2v) is 11.3. The Hall–Kier alpha value is -3.80. The van der Waals surface area contributed by atoms with E-state index in [1.807, 2.05) is 37.3 Å². The number of aliphatic imine (C=N–C) groups is 1. The summed E-state index contributed by atoms with van der Waals surface area (Å²) in [4.78, 5) is 65.2. The minimum atomic E-state index is -0.812. The first-order valence-electron chi connectivity index (χ1n) is 13.7. The normalized spacial score (nSPS) is 19.2. The fraction of sp³-hybridized carbons (Fsp3) is 0.500. The van der Waals surface area contributed by atoms with Crippen LogP contribution in [0.15, 0.2) is 41.5 Å². The van der Waals surface area contributed by atoms with Gasteiger partial charge in [-0.05, 0) is 44.1 Å². The molecule has 0 bridgehead atoms. The maximum absolute atomic E-state index is 13.4. The van der Waals surface area contributed by atoms with Crippen molar-refractivity contribution < 1.29 is 19.2 Å². The number of nitrogens with zero attached hydrogens (tertiary/aromatic N) is 4. The molecule has 0 saturated carbocycles. The Kier molecular flexibility index (Phi) is 9.86. The summed E-state index contributed by atoms with van der Waals surface area (Å²) < 4.78 is 0. The first-order chi connectivity index (χ1) is 19.3. The van der Waals surface area contributed by atoms with Gasteiger partial charge in [-0.1, -0.05) is 37.3 Å². The van der Waals surface area contributed by atoms with E-state index in [1.165, 1.54) is 11.3 Å². The smallest absolute Gasteiger partial charge is 0.243 e. The number of nitrogens with one attached hydrogen (secondary N) is 1. The van der Waals surface area contributed by atoms with E-state index in [0.29, 0.717) is 56.6 Å². The van der Waals surface area contributed by atoms with Crippen molar-refractivity contribution >= 4 is 40.8 Å². The Morgan fingerprint density at radius 3 is 2.67 bits per heavy atom. The molecule has 5 N–H and O–H groups in total.